The molecule has 0 unspecified atom stereocenters. The van der Waals surface area contributed by atoms with E-state index in [-0.39, 0.29) is 5.54 Å². The quantitative estimate of drug-likeness (QED) is 0.868. The van der Waals surface area contributed by atoms with Gasteiger partial charge in [0.05, 0.1) is 12.6 Å². The van der Waals surface area contributed by atoms with Crippen LogP contribution in [-0.4, -0.2) is 28.8 Å². The molecule has 2 aromatic rings. The van der Waals surface area contributed by atoms with E-state index < -0.39 is 0 Å². The molecule has 2 heterocycles. The monoisotopic (exact) mass is 276 g/mol. The van der Waals surface area contributed by atoms with Gasteiger partial charge in [0.25, 0.3) is 0 Å². The first-order valence-corrected chi connectivity index (χ1v) is 6.62. The second kappa shape index (κ2) is 6.00. The van der Waals surface area contributed by atoms with Crippen molar-refractivity contribution in [3.8, 4) is 5.88 Å². The number of ether oxygens (including phenoxy) is 1. The zero-order chi connectivity index (χ0) is 14.6. The third kappa shape index (κ3) is 3.33. The maximum Gasteiger partial charge on any atom is 0.246 e. The van der Waals surface area contributed by atoms with Gasteiger partial charge in [-0.05, 0) is 26.0 Å². The standard InChI is InChI=1S/C14H20N4O2/c1-5-16-14(2,3)13-17-11(18-20-13)8-10-6-7-12(19-4)15-9-10/h6-7,9,16H,5,8H2,1-4H3. The molecule has 0 aromatic carbocycles. The van der Waals surface area contributed by atoms with Gasteiger partial charge in [0.2, 0.25) is 11.8 Å². The normalized spacial score (nSPS) is 11.6. The summed E-state index contributed by atoms with van der Waals surface area (Å²) in [6.45, 7) is 6.92. The molecule has 0 saturated carbocycles. The molecular weight excluding hydrogens is 256 g/mol. The first kappa shape index (κ1) is 14.5. The van der Waals surface area contributed by atoms with Crippen LogP contribution in [0.4, 0.5) is 0 Å². The van der Waals surface area contributed by atoms with E-state index in [1.165, 1.54) is 0 Å². The van der Waals surface area contributed by atoms with Crippen LogP contribution < -0.4 is 10.1 Å². The Morgan fingerprint density at radius 3 is 2.75 bits per heavy atom. The summed E-state index contributed by atoms with van der Waals surface area (Å²) in [5, 5.41) is 7.32. The van der Waals surface area contributed by atoms with Gasteiger partial charge < -0.3 is 14.6 Å². The fourth-order valence-electron chi connectivity index (χ4n) is 1.92. The molecule has 0 atom stereocenters. The van der Waals surface area contributed by atoms with Crippen LogP contribution in [0.25, 0.3) is 0 Å². The van der Waals surface area contributed by atoms with Crippen molar-refractivity contribution >= 4 is 0 Å². The highest BCUT2D eigenvalue weighted by Gasteiger charge is 2.26. The van der Waals surface area contributed by atoms with Crippen LogP contribution in [0.1, 0.15) is 38.0 Å². The van der Waals surface area contributed by atoms with Crippen molar-refractivity contribution in [3.05, 3.63) is 35.6 Å². The first-order chi connectivity index (χ1) is 9.55. The zero-order valence-electron chi connectivity index (χ0n) is 12.3. The zero-order valence-corrected chi connectivity index (χ0v) is 12.3. The van der Waals surface area contributed by atoms with Gasteiger partial charge in [0.15, 0.2) is 5.82 Å². The SMILES string of the molecule is CCNC(C)(C)c1nc(Cc2ccc(OC)nc2)no1. The second-order valence-corrected chi connectivity index (χ2v) is 5.06. The maximum absolute atomic E-state index is 5.33. The highest BCUT2D eigenvalue weighted by molar-refractivity contribution is 5.20. The number of hydrogen-bond acceptors (Lipinski definition) is 6. The summed E-state index contributed by atoms with van der Waals surface area (Å²) in [6.07, 6.45) is 2.34. The Labute approximate surface area is 118 Å². The molecule has 0 saturated heterocycles. The number of methoxy groups -OCH3 is 1. The molecule has 1 N–H and O–H groups in total. The average Bonchev–Trinajstić information content (AvgIpc) is 2.89. The molecule has 0 aliphatic rings. The number of nitrogens with zero attached hydrogens (tertiary/aromatic N) is 3. The van der Waals surface area contributed by atoms with Crippen molar-refractivity contribution in [2.24, 2.45) is 0 Å². The molecule has 0 aliphatic carbocycles. The van der Waals surface area contributed by atoms with Crippen LogP contribution in [0.3, 0.4) is 0 Å². The molecule has 6 nitrogen and oxygen atoms in total. The lowest BCUT2D eigenvalue weighted by molar-refractivity contribution is 0.271. The van der Waals surface area contributed by atoms with Crippen molar-refractivity contribution in [2.75, 3.05) is 13.7 Å². The van der Waals surface area contributed by atoms with E-state index in [4.69, 9.17) is 9.26 Å². The predicted molar refractivity (Wildman–Crippen MR) is 74.6 cm³/mol. The van der Waals surface area contributed by atoms with Gasteiger partial charge in [-0.2, -0.15) is 4.98 Å². The van der Waals surface area contributed by atoms with Crippen molar-refractivity contribution in [1.82, 2.24) is 20.4 Å². The second-order valence-electron chi connectivity index (χ2n) is 5.06. The number of hydrogen-bond donors (Lipinski definition) is 1. The number of rotatable bonds is 6. The molecule has 0 spiro atoms. The Morgan fingerprint density at radius 2 is 2.15 bits per heavy atom. The van der Waals surface area contributed by atoms with Crippen LogP contribution in [0.5, 0.6) is 5.88 Å². The van der Waals surface area contributed by atoms with E-state index in [2.05, 4.69) is 20.4 Å². The highest BCUT2D eigenvalue weighted by Crippen LogP contribution is 2.18. The van der Waals surface area contributed by atoms with Gasteiger partial charge in [0.1, 0.15) is 0 Å². The van der Waals surface area contributed by atoms with Crippen molar-refractivity contribution in [3.63, 3.8) is 0 Å². The van der Waals surface area contributed by atoms with Gasteiger partial charge in [0, 0.05) is 18.7 Å². The van der Waals surface area contributed by atoms with Crippen LogP contribution in [0.15, 0.2) is 22.9 Å². The Kier molecular flexibility index (Phi) is 4.34. The molecule has 6 heteroatoms. The molecule has 108 valence electrons. The van der Waals surface area contributed by atoms with Gasteiger partial charge >= 0.3 is 0 Å². The first-order valence-electron chi connectivity index (χ1n) is 6.62. The fourth-order valence-corrected chi connectivity index (χ4v) is 1.92. The summed E-state index contributed by atoms with van der Waals surface area (Å²) in [7, 11) is 1.59. The van der Waals surface area contributed by atoms with Crippen LogP contribution in [0.2, 0.25) is 0 Å². The molecule has 2 aromatic heterocycles. The molecule has 0 radical (unpaired) electrons. The number of nitrogens with one attached hydrogen (secondary N) is 1. The molecule has 0 aliphatic heterocycles. The highest BCUT2D eigenvalue weighted by atomic mass is 16.5. The van der Waals surface area contributed by atoms with Crippen LogP contribution >= 0.6 is 0 Å². The minimum atomic E-state index is -0.321. The lowest BCUT2D eigenvalue weighted by atomic mass is 10.1. The Balaban J connectivity index is 2.09. The Bertz CT molecular complexity index is 549. The van der Waals surface area contributed by atoms with E-state index in [1.54, 1.807) is 13.3 Å². The summed E-state index contributed by atoms with van der Waals surface area (Å²) in [6, 6.07) is 3.76. The molecule has 0 amide bonds. The van der Waals surface area contributed by atoms with Gasteiger partial charge in [-0.15, -0.1) is 0 Å². The summed E-state index contributed by atoms with van der Waals surface area (Å²) in [5.41, 5.74) is 0.692. The maximum atomic E-state index is 5.33. The Hall–Kier alpha value is -1.95. The molecule has 2 rings (SSSR count). The summed E-state index contributed by atoms with van der Waals surface area (Å²) >= 11 is 0. The smallest absolute Gasteiger partial charge is 0.246 e. The number of aromatic nitrogens is 3. The summed E-state index contributed by atoms with van der Waals surface area (Å²) < 4.78 is 10.4. The van der Waals surface area contributed by atoms with Gasteiger partial charge in [-0.1, -0.05) is 18.1 Å². The lowest BCUT2D eigenvalue weighted by Gasteiger charge is -2.20. The lowest BCUT2D eigenvalue weighted by Crippen LogP contribution is -2.36. The molecule has 0 fully saturated rings. The third-order valence-electron chi connectivity index (χ3n) is 2.99. The van der Waals surface area contributed by atoms with Gasteiger partial charge in [-0.3, -0.25) is 0 Å². The van der Waals surface area contributed by atoms with E-state index in [1.807, 2.05) is 32.9 Å². The topological polar surface area (TPSA) is 73.1 Å². The van der Waals surface area contributed by atoms with Crippen molar-refractivity contribution in [2.45, 2.75) is 32.7 Å². The largest absolute Gasteiger partial charge is 0.481 e. The van der Waals surface area contributed by atoms with Crippen LogP contribution in [0, 0.1) is 0 Å². The van der Waals surface area contributed by atoms with E-state index in [0.29, 0.717) is 24.0 Å². The van der Waals surface area contributed by atoms with Crippen LogP contribution in [-0.2, 0) is 12.0 Å². The van der Waals surface area contributed by atoms with Gasteiger partial charge in [-0.25, -0.2) is 4.98 Å². The van der Waals surface area contributed by atoms with E-state index in [0.717, 1.165) is 12.1 Å². The molecule has 20 heavy (non-hydrogen) atoms. The minimum absolute atomic E-state index is 0.321. The Morgan fingerprint density at radius 1 is 1.35 bits per heavy atom. The fraction of sp³-hybridized carbons (Fsp3) is 0.500. The van der Waals surface area contributed by atoms with E-state index in [9.17, 15) is 0 Å². The average molecular weight is 276 g/mol. The molecule has 0 bridgehead atoms. The summed E-state index contributed by atoms with van der Waals surface area (Å²) in [5.74, 6) is 1.84. The summed E-state index contributed by atoms with van der Waals surface area (Å²) in [4.78, 5) is 8.60. The van der Waals surface area contributed by atoms with Crippen molar-refractivity contribution in [1.29, 1.82) is 0 Å². The molecular formula is C14H20N4O2. The van der Waals surface area contributed by atoms with E-state index >= 15 is 0 Å². The van der Waals surface area contributed by atoms with Crippen molar-refractivity contribution < 1.29 is 9.26 Å². The minimum Gasteiger partial charge on any atom is -0.481 e. The predicted octanol–water partition coefficient (Wildman–Crippen LogP) is 1.91. The third-order valence-corrected chi connectivity index (χ3v) is 2.99. The number of pyridine rings is 1.